The maximum absolute atomic E-state index is 4.79. The van der Waals surface area contributed by atoms with Gasteiger partial charge in [-0.2, -0.15) is 0 Å². The standard InChI is InChI=1S/C18H28N2/c1-2-11-18(12-4-3-5-14-20-18)16-10-6-8-15-9-7-13-19-17(15)16/h7,9,13,16,20H,2-6,8,10-12,14H2,1H3. The first kappa shape index (κ1) is 14.1. The first-order chi connectivity index (χ1) is 9.86. The van der Waals surface area contributed by atoms with Crippen molar-refractivity contribution in [3.63, 3.8) is 0 Å². The minimum atomic E-state index is 0.314. The quantitative estimate of drug-likeness (QED) is 0.892. The molecule has 20 heavy (non-hydrogen) atoms. The van der Waals surface area contributed by atoms with Crippen LogP contribution in [0, 0.1) is 0 Å². The van der Waals surface area contributed by atoms with Gasteiger partial charge >= 0.3 is 0 Å². The Hall–Kier alpha value is -0.890. The van der Waals surface area contributed by atoms with Crippen LogP contribution in [0.25, 0.3) is 0 Å². The van der Waals surface area contributed by atoms with Gasteiger partial charge in [0.2, 0.25) is 0 Å². The van der Waals surface area contributed by atoms with E-state index in [1.54, 1.807) is 0 Å². The lowest BCUT2D eigenvalue weighted by molar-refractivity contribution is 0.214. The van der Waals surface area contributed by atoms with Crippen molar-refractivity contribution in [2.75, 3.05) is 6.54 Å². The SMILES string of the molecule is CCCC1(C2CCCc3cccnc32)CCCCCN1. The predicted molar refractivity (Wildman–Crippen MR) is 84.0 cm³/mol. The van der Waals surface area contributed by atoms with E-state index in [1.165, 1.54) is 75.6 Å². The molecule has 0 aromatic carbocycles. The van der Waals surface area contributed by atoms with Crippen molar-refractivity contribution in [2.24, 2.45) is 0 Å². The summed E-state index contributed by atoms with van der Waals surface area (Å²) < 4.78 is 0. The molecule has 0 spiro atoms. The van der Waals surface area contributed by atoms with Gasteiger partial charge in [0.25, 0.3) is 0 Å². The molecule has 110 valence electrons. The molecule has 0 amide bonds. The lowest BCUT2D eigenvalue weighted by Gasteiger charge is -2.43. The molecule has 0 radical (unpaired) electrons. The van der Waals surface area contributed by atoms with Crippen molar-refractivity contribution in [1.29, 1.82) is 0 Å². The second-order valence-electron chi connectivity index (χ2n) is 6.64. The Labute approximate surface area is 123 Å². The lowest BCUT2D eigenvalue weighted by Crippen LogP contribution is -2.50. The molecule has 2 heterocycles. The number of aryl methyl sites for hydroxylation is 1. The third kappa shape index (κ3) is 2.63. The van der Waals surface area contributed by atoms with Gasteiger partial charge in [0, 0.05) is 23.3 Å². The molecule has 2 unspecified atom stereocenters. The first-order valence-electron chi connectivity index (χ1n) is 8.54. The third-order valence-electron chi connectivity index (χ3n) is 5.33. The Bertz CT molecular complexity index is 433. The highest BCUT2D eigenvalue weighted by atomic mass is 15.0. The largest absolute Gasteiger partial charge is 0.311 e. The first-order valence-corrected chi connectivity index (χ1v) is 8.54. The zero-order valence-corrected chi connectivity index (χ0v) is 12.8. The van der Waals surface area contributed by atoms with Crippen LogP contribution >= 0.6 is 0 Å². The van der Waals surface area contributed by atoms with Crippen LogP contribution in [0.5, 0.6) is 0 Å². The summed E-state index contributed by atoms with van der Waals surface area (Å²) in [4.78, 5) is 4.79. The van der Waals surface area contributed by atoms with Crippen LogP contribution in [0.2, 0.25) is 0 Å². The Morgan fingerprint density at radius 2 is 2.25 bits per heavy atom. The Morgan fingerprint density at radius 3 is 3.15 bits per heavy atom. The fourth-order valence-electron chi connectivity index (χ4n) is 4.45. The molecule has 2 nitrogen and oxygen atoms in total. The van der Waals surface area contributed by atoms with Crippen LogP contribution in [-0.4, -0.2) is 17.1 Å². The van der Waals surface area contributed by atoms with Crippen molar-refractivity contribution >= 4 is 0 Å². The van der Waals surface area contributed by atoms with Crippen molar-refractivity contribution in [1.82, 2.24) is 10.3 Å². The zero-order valence-electron chi connectivity index (χ0n) is 12.8. The summed E-state index contributed by atoms with van der Waals surface area (Å²) in [5, 5.41) is 3.97. The smallest absolute Gasteiger partial charge is 0.0484 e. The van der Waals surface area contributed by atoms with Crippen molar-refractivity contribution < 1.29 is 0 Å². The molecular formula is C18H28N2. The van der Waals surface area contributed by atoms with Gasteiger partial charge < -0.3 is 5.32 Å². The van der Waals surface area contributed by atoms with E-state index < -0.39 is 0 Å². The topological polar surface area (TPSA) is 24.9 Å². The van der Waals surface area contributed by atoms with Crippen molar-refractivity contribution in [3.8, 4) is 0 Å². The highest BCUT2D eigenvalue weighted by Crippen LogP contribution is 2.43. The number of nitrogens with one attached hydrogen (secondary N) is 1. The molecular weight excluding hydrogens is 244 g/mol. The van der Waals surface area contributed by atoms with E-state index >= 15 is 0 Å². The molecule has 1 fully saturated rings. The number of hydrogen-bond donors (Lipinski definition) is 1. The van der Waals surface area contributed by atoms with E-state index in [4.69, 9.17) is 4.98 Å². The summed E-state index contributed by atoms with van der Waals surface area (Å²) in [6.45, 7) is 3.52. The summed E-state index contributed by atoms with van der Waals surface area (Å²) in [5.41, 5.74) is 3.22. The van der Waals surface area contributed by atoms with Gasteiger partial charge in [0.15, 0.2) is 0 Å². The van der Waals surface area contributed by atoms with Crippen LogP contribution in [0.4, 0.5) is 0 Å². The maximum Gasteiger partial charge on any atom is 0.0484 e. The molecule has 0 bridgehead atoms. The molecule has 2 heteroatoms. The van der Waals surface area contributed by atoms with Gasteiger partial charge in [-0.3, -0.25) is 4.98 Å². The van der Waals surface area contributed by atoms with Crippen LogP contribution in [0.1, 0.15) is 75.5 Å². The molecule has 1 aliphatic carbocycles. The average Bonchev–Trinajstić information content (AvgIpc) is 2.73. The van der Waals surface area contributed by atoms with E-state index in [-0.39, 0.29) is 0 Å². The number of nitrogens with zero attached hydrogens (tertiary/aromatic N) is 1. The minimum Gasteiger partial charge on any atom is -0.311 e. The van der Waals surface area contributed by atoms with Gasteiger partial charge in [-0.05, 0) is 56.7 Å². The average molecular weight is 272 g/mol. The van der Waals surface area contributed by atoms with Gasteiger partial charge in [0.05, 0.1) is 0 Å². The number of pyridine rings is 1. The summed E-state index contributed by atoms with van der Waals surface area (Å²) in [6.07, 6.45) is 13.9. The van der Waals surface area contributed by atoms with Crippen LogP contribution in [0.3, 0.4) is 0 Å². The molecule has 1 N–H and O–H groups in total. The van der Waals surface area contributed by atoms with Gasteiger partial charge in [-0.15, -0.1) is 0 Å². The van der Waals surface area contributed by atoms with E-state index in [0.717, 1.165) is 0 Å². The van der Waals surface area contributed by atoms with Crippen LogP contribution in [-0.2, 0) is 6.42 Å². The second-order valence-corrected chi connectivity index (χ2v) is 6.64. The van der Waals surface area contributed by atoms with Crippen LogP contribution < -0.4 is 5.32 Å². The summed E-state index contributed by atoms with van der Waals surface area (Å²) in [7, 11) is 0. The highest BCUT2D eigenvalue weighted by molar-refractivity contribution is 5.29. The van der Waals surface area contributed by atoms with Gasteiger partial charge in [-0.1, -0.05) is 32.3 Å². The Morgan fingerprint density at radius 1 is 1.30 bits per heavy atom. The van der Waals surface area contributed by atoms with E-state index in [2.05, 4.69) is 24.4 Å². The number of aromatic nitrogens is 1. The molecule has 2 aliphatic rings. The van der Waals surface area contributed by atoms with Crippen molar-refractivity contribution in [3.05, 3.63) is 29.6 Å². The van der Waals surface area contributed by atoms with Gasteiger partial charge in [0.1, 0.15) is 0 Å². The molecule has 1 aromatic heterocycles. The number of rotatable bonds is 3. The Balaban J connectivity index is 1.95. The fraction of sp³-hybridized carbons (Fsp3) is 0.722. The second kappa shape index (κ2) is 6.26. The molecule has 0 saturated carbocycles. The predicted octanol–water partition coefficient (Wildman–Crippen LogP) is 4.20. The van der Waals surface area contributed by atoms with Gasteiger partial charge in [-0.25, -0.2) is 0 Å². The minimum absolute atomic E-state index is 0.314. The zero-order chi connectivity index (χ0) is 13.8. The van der Waals surface area contributed by atoms with Crippen LogP contribution in [0.15, 0.2) is 18.3 Å². The third-order valence-corrected chi connectivity index (χ3v) is 5.33. The molecule has 2 atom stereocenters. The van der Waals surface area contributed by atoms with E-state index in [9.17, 15) is 0 Å². The number of hydrogen-bond acceptors (Lipinski definition) is 2. The molecule has 3 rings (SSSR count). The highest BCUT2D eigenvalue weighted by Gasteiger charge is 2.41. The fourth-order valence-corrected chi connectivity index (χ4v) is 4.45. The summed E-state index contributed by atoms with van der Waals surface area (Å²) in [5.74, 6) is 0.630. The molecule has 1 aromatic rings. The van der Waals surface area contributed by atoms with Crippen molar-refractivity contribution in [2.45, 2.75) is 76.2 Å². The molecule has 1 aliphatic heterocycles. The maximum atomic E-state index is 4.79. The van der Waals surface area contributed by atoms with E-state index in [0.29, 0.717) is 11.5 Å². The van der Waals surface area contributed by atoms with E-state index in [1.807, 2.05) is 6.20 Å². The summed E-state index contributed by atoms with van der Waals surface area (Å²) >= 11 is 0. The monoisotopic (exact) mass is 272 g/mol. The normalized spacial score (nSPS) is 30.6. The lowest BCUT2D eigenvalue weighted by atomic mass is 9.69. The Kier molecular flexibility index (Phi) is 4.40. The molecule has 1 saturated heterocycles. The number of fused-ring (bicyclic) bond motifs is 1. The summed E-state index contributed by atoms with van der Waals surface area (Å²) in [6, 6.07) is 4.40.